The summed E-state index contributed by atoms with van der Waals surface area (Å²) in [6, 6.07) is 9.95. The van der Waals surface area contributed by atoms with Gasteiger partial charge in [-0.2, -0.15) is 0 Å². The fourth-order valence-corrected chi connectivity index (χ4v) is 5.76. The van der Waals surface area contributed by atoms with Gasteiger partial charge in [0.1, 0.15) is 0 Å². The van der Waals surface area contributed by atoms with Crippen molar-refractivity contribution < 1.29 is 13.2 Å². The molecule has 4 rings (SSSR count). The van der Waals surface area contributed by atoms with Crippen molar-refractivity contribution in [1.29, 1.82) is 0 Å². The maximum absolute atomic E-state index is 13.3. The van der Waals surface area contributed by atoms with E-state index in [1.54, 1.807) is 25.3 Å². The fraction of sp³-hybridized carbons (Fsp3) is 0.467. The van der Waals surface area contributed by atoms with Crippen LogP contribution in [0.25, 0.3) is 0 Å². The molecular weight excluding hydrogens is 538 g/mol. The molecule has 11 heteroatoms. The van der Waals surface area contributed by atoms with E-state index in [0.29, 0.717) is 30.3 Å². The number of nitrogens with one attached hydrogen (secondary N) is 3. The number of benzene rings is 1. The lowest BCUT2D eigenvalue weighted by atomic mass is 9.97. The lowest BCUT2D eigenvalue weighted by molar-refractivity contribution is 0.0601. The molecule has 1 aliphatic rings. The minimum Gasteiger partial charge on any atom is -0.336 e. The average molecular weight is 580 g/mol. The van der Waals surface area contributed by atoms with Crippen molar-refractivity contribution in [3.05, 3.63) is 76.4 Å². The first-order valence-corrected chi connectivity index (χ1v) is 15.9. The number of hydrogen-bond acceptors (Lipinski definition) is 8. The molecule has 0 spiro atoms. The van der Waals surface area contributed by atoms with E-state index in [-0.39, 0.29) is 30.3 Å². The zero-order chi connectivity index (χ0) is 29.6. The van der Waals surface area contributed by atoms with Crippen LogP contribution in [0.5, 0.6) is 0 Å². The largest absolute Gasteiger partial charge is 0.336 e. The second-order valence-corrected chi connectivity index (χ2v) is 12.8. The van der Waals surface area contributed by atoms with Gasteiger partial charge in [-0.1, -0.05) is 13.0 Å². The summed E-state index contributed by atoms with van der Waals surface area (Å²) in [5.41, 5.74) is 6.45. The first-order valence-electron chi connectivity index (χ1n) is 14.2. The number of piperidine rings is 1. The van der Waals surface area contributed by atoms with Crippen molar-refractivity contribution in [2.24, 2.45) is 0 Å². The molecule has 2 aromatic heterocycles. The van der Waals surface area contributed by atoms with E-state index in [1.807, 2.05) is 11.1 Å². The third-order valence-corrected chi connectivity index (χ3v) is 8.77. The van der Waals surface area contributed by atoms with E-state index in [0.717, 1.165) is 36.2 Å². The summed E-state index contributed by atoms with van der Waals surface area (Å²) in [7, 11) is -3.34. The van der Waals surface area contributed by atoms with Crippen molar-refractivity contribution in [2.45, 2.75) is 79.1 Å². The standard InChI is InChI=1S/C30H41N7O3S/c1-6-23-17-33-30(35-26-13-20(3)12-21(4)14-26)36-28(23)19-32-25-9-11-37(22(5)15-25)29(38)24-8-10-31-27(16-24)18-34-41(39,40)7-2/h8,10,12-14,16-17,22,25,32,34H,6-7,9,11,15,18-19H2,1-5H3,(H,33,35,36)/t22-,25-/m1/s1. The monoisotopic (exact) mass is 579 g/mol. The Morgan fingerprint density at radius 1 is 1.07 bits per heavy atom. The molecule has 41 heavy (non-hydrogen) atoms. The molecule has 3 heterocycles. The van der Waals surface area contributed by atoms with Crippen molar-refractivity contribution in [3.63, 3.8) is 0 Å². The van der Waals surface area contributed by atoms with Crippen LogP contribution in [0, 0.1) is 13.8 Å². The number of likely N-dealkylation sites (tertiary alicyclic amines) is 1. The zero-order valence-corrected chi connectivity index (χ0v) is 25.4. The number of rotatable bonds is 11. The number of aromatic nitrogens is 3. The minimum atomic E-state index is -3.34. The van der Waals surface area contributed by atoms with Gasteiger partial charge < -0.3 is 15.5 Å². The summed E-state index contributed by atoms with van der Waals surface area (Å²) in [6.07, 6.45) is 5.94. The van der Waals surface area contributed by atoms with Crippen LogP contribution in [0.2, 0.25) is 0 Å². The van der Waals surface area contributed by atoms with Crippen molar-refractivity contribution in [1.82, 2.24) is 29.9 Å². The maximum atomic E-state index is 13.3. The highest BCUT2D eigenvalue weighted by Crippen LogP contribution is 2.22. The normalized spacial score (nSPS) is 17.4. The average Bonchev–Trinajstić information content (AvgIpc) is 2.94. The van der Waals surface area contributed by atoms with Crippen LogP contribution >= 0.6 is 0 Å². The van der Waals surface area contributed by atoms with E-state index in [2.05, 4.69) is 71.2 Å². The molecule has 0 aliphatic carbocycles. The first kappa shape index (κ1) is 30.5. The molecule has 0 bridgehead atoms. The van der Waals surface area contributed by atoms with Gasteiger partial charge in [-0.05, 0) is 87.9 Å². The van der Waals surface area contributed by atoms with Crippen LogP contribution in [0.4, 0.5) is 11.6 Å². The van der Waals surface area contributed by atoms with Crippen molar-refractivity contribution >= 4 is 27.6 Å². The predicted octanol–water partition coefficient (Wildman–Crippen LogP) is 4.02. The molecule has 220 valence electrons. The maximum Gasteiger partial charge on any atom is 0.254 e. The highest BCUT2D eigenvalue weighted by atomic mass is 32.2. The summed E-state index contributed by atoms with van der Waals surface area (Å²) >= 11 is 0. The Morgan fingerprint density at radius 2 is 1.83 bits per heavy atom. The number of carbonyl (C=O) groups is 1. The molecule has 0 unspecified atom stereocenters. The van der Waals surface area contributed by atoms with Gasteiger partial charge in [0.15, 0.2) is 0 Å². The Morgan fingerprint density at radius 3 is 2.51 bits per heavy atom. The highest BCUT2D eigenvalue weighted by molar-refractivity contribution is 7.89. The number of nitrogens with zero attached hydrogens (tertiary/aromatic N) is 4. The molecule has 2 atom stereocenters. The molecular formula is C30H41N7O3S. The second kappa shape index (κ2) is 13.5. The Labute approximate surface area is 243 Å². The highest BCUT2D eigenvalue weighted by Gasteiger charge is 2.29. The number of sulfonamides is 1. The van der Waals surface area contributed by atoms with Gasteiger partial charge in [0.05, 0.1) is 23.7 Å². The molecule has 1 saturated heterocycles. The van der Waals surface area contributed by atoms with Crippen molar-refractivity contribution in [3.8, 4) is 0 Å². The molecule has 3 aromatic rings. The molecule has 1 fully saturated rings. The number of aryl methyl sites for hydroxylation is 3. The third kappa shape index (κ3) is 8.31. The number of hydrogen-bond donors (Lipinski definition) is 3. The summed E-state index contributed by atoms with van der Waals surface area (Å²) in [4.78, 5) is 28.8. The topological polar surface area (TPSA) is 129 Å². The lowest BCUT2D eigenvalue weighted by Gasteiger charge is -2.38. The second-order valence-electron chi connectivity index (χ2n) is 10.7. The van der Waals surface area contributed by atoms with Crippen LogP contribution in [0.3, 0.4) is 0 Å². The molecule has 1 aromatic carbocycles. The van der Waals surface area contributed by atoms with Crippen LogP contribution in [-0.2, 0) is 29.5 Å². The smallest absolute Gasteiger partial charge is 0.254 e. The van der Waals surface area contributed by atoms with Gasteiger partial charge in [0.2, 0.25) is 16.0 Å². The quantitative estimate of drug-likeness (QED) is 0.311. The molecule has 0 radical (unpaired) electrons. The van der Waals surface area contributed by atoms with Gasteiger partial charge in [-0.3, -0.25) is 9.78 Å². The number of carbonyl (C=O) groups excluding carboxylic acids is 1. The van der Waals surface area contributed by atoms with Crippen LogP contribution in [0.15, 0.2) is 42.7 Å². The Kier molecular flexibility index (Phi) is 10.1. The molecule has 3 N–H and O–H groups in total. The summed E-state index contributed by atoms with van der Waals surface area (Å²) in [6.45, 7) is 11.2. The first-order chi connectivity index (χ1) is 19.6. The molecule has 1 aliphatic heterocycles. The predicted molar refractivity (Wildman–Crippen MR) is 162 cm³/mol. The Hall–Kier alpha value is -3.41. The molecule has 10 nitrogen and oxygen atoms in total. The zero-order valence-electron chi connectivity index (χ0n) is 24.6. The lowest BCUT2D eigenvalue weighted by Crippen LogP contribution is -2.49. The van der Waals surface area contributed by atoms with E-state index in [4.69, 9.17) is 4.98 Å². The van der Waals surface area contributed by atoms with Gasteiger partial charge >= 0.3 is 0 Å². The van der Waals surface area contributed by atoms with Gasteiger partial charge in [-0.25, -0.2) is 23.1 Å². The molecule has 0 saturated carbocycles. The minimum absolute atomic E-state index is 0.00568. The van der Waals surface area contributed by atoms with E-state index in [9.17, 15) is 13.2 Å². The summed E-state index contributed by atoms with van der Waals surface area (Å²) < 4.78 is 26.1. The number of anilines is 2. The van der Waals surface area contributed by atoms with Gasteiger partial charge in [0.25, 0.3) is 5.91 Å². The van der Waals surface area contributed by atoms with E-state index < -0.39 is 10.0 Å². The SMILES string of the molecule is CCc1cnc(Nc2cc(C)cc(C)c2)nc1CN[C@@H]1CCN(C(=O)c2ccnc(CNS(=O)(=O)CC)c2)[C@H](C)C1. The van der Waals surface area contributed by atoms with E-state index >= 15 is 0 Å². The number of amides is 1. The summed E-state index contributed by atoms with van der Waals surface area (Å²) in [5, 5.41) is 7.01. The third-order valence-electron chi connectivity index (χ3n) is 7.42. The van der Waals surface area contributed by atoms with Crippen LogP contribution < -0.4 is 15.4 Å². The number of pyridine rings is 1. The molecule has 1 amide bonds. The summed E-state index contributed by atoms with van der Waals surface area (Å²) in [5.74, 6) is 0.509. The van der Waals surface area contributed by atoms with Crippen molar-refractivity contribution in [2.75, 3.05) is 17.6 Å². The van der Waals surface area contributed by atoms with Gasteiger partial charge in [0, 0.05) is 48.8 Å². The Bertz CT molecular complexity index is 1460. The van der Waals surface area contributed by atoms with Gasteiger partial charge in [-0.15, -0.1) is 0 Å². The van der Waals surface area contributed by atoms with E-state index in [1.165, 1.54) is 11.1 Å². The van der Waals surface area contributed by atoms with Crippen LogP contribution in [0.1, 0.15) is 72.0 Å². The fourth-order valence-electron chi connectivity index (χ4n) is 5.19. The Balaban J connectivity index is 1.35. The van der Waals surface area contributed by atoms with Crippen LogP contribution in [-0.4, -0.2) is 58.6 Å².